The molecule has 0 radical (unpaired) electrons. The van der Waals surface area contributed by atoms with Crippen LogP contribution in [0.15, 0.2) is 28.9 Å². The Balaban J connectivity index is 4.19. The van der Waals surface area contributed by atoms with Crippen LogP contribution in [0.3, 0.4) is 0 Å². The minimum absolute atomic E-state index is 0.521. The van der Waals surface area contributed by atoms with E-state index < -0.39 is 0 Å². The average Bonchev–Trinajstić information content (AvgIpc) is 1.88. The van der Waals surface area contributed by atoms with Crippen molar-refractivity contribution in [2.45, 2.75) is 6.92 Å². The zero-order chi connectivity index (χ0) is 7.11. The summed E-state index contributed by atoms with van der Waals surface area (Å²) in [6, 6.07) is 1.94. The molecule has 0 unspecified atom stereocenters. The van der Waals surface area contributed by atoms with Crippen molar-refractivity contribution in [1.82, 2.24) is 0 Å². The van der Waals surface area contributed by atoms with Crippen LogP contribution in [0.4, 0.5) is 0 Å². The van der Waals surface area contributed by atoms with Crippen molar-refractivity contribution in [3.63, 3.8) is 0 Å². The van der Waals surface area contributed by atoms with Gasteiger partial charge in [-0.05, 0) is 19.7 Å². The molecule has 0 fully saturated rings. The third kappa shape index (κ3) is 3.24. The summed E-state index contributed by atoms with van der Waals surface area (Å²) in [4.78, 5) is 3.44. The highest BCUT2D eigenvalue weighted by atomic mass is 14.6. The van der Waals surface area contributed by atoms with Crippen molar-refractivity contribution >= 4 is 6.72 Å². The Hall–Kier alpha value is -1.36. The third-order valence-electron chi connectivity index (χ3n) is 0.706. The minimum atomic E-state index is 0.521. The van der Waals surface area contributed by atoms with E-state index in [2.05, 4.69) is 11.7 Å². The van der Waals surface area contributed by atoms with E-state index >= 15 is 0 Å². The quantitative estimate of drug-likeness (QED) is 0.310. The number of nitriles is 1. The fourth-order valence-corrected chi connectivity index (χ4v) is 0.387. The highest BCUT2D eigenvalue weighted by Crippen LogP contribution is 1.93. The van der Waals surface area contributed by atoms with Crippen LogP contribution >= 0.6 is 0 Å². The van der Waals surface area contributed by atoms with Crippen LogP contribution in [0.2, 0.25) is 0 Å². The average molecular weight is 120 g/mol. The highest BCUT2D eigenvalue weighted by molar-refractivity contribution is 5.35. The van der Waals surface area contributed by atoms with Gasteiger partial charge < -0.3 is 0 Å². The predicted octanol–water partition coefficient (Wildman–Crippen LogP) is 1.67. The number of aliphatic imine (C=N–C) groups is 1. The van der Waals surface area contributed by atoms with Gasteiger partial charge in [-0.25, -0.2) is 0 Å². The lowest BCUT2D eigenvalue weighted by molar-refractivity contribution is 1.46. The number of hydrogen-bond acceptors (Lipinski definition) is 2. The van der Waals surface area contributed by atoms with Crippen molar-refractivity contribution in [1.29, 1.82) is 5.26 Å². The number of nitrogens with zero attached hydrogens (tertiary/aromatic N) is 2. The van der Waals surface area contributed by atoms with Crippen LogP contribution < -0.4 is 0 Å². The topological polar surface area (TPSA) is 36.1 Å². The second-order valence-electron chi connectivity index (χ2n) is 1.38. The molecule has 46 valence electrons. The number of hydrogen-bond donors (Lipinski definition) is 0. The number of rotatable bonds is 2. The summed E-state index contributed by atoms with van der Waals surface area (Å²) in [5.41, 5.74) is 0.521. The molecule has 0 aromatic rings. The van der Waals surface area contributed by atoms with Crippen LogP contribution in [0.25, 0.3) is 0 Å². The minimum Gasteiger partial charge on any atom is -0.271 e. The molecule has 2 heteroatoms. The lowest BCUT2D eigenvalue weighted by Crippen LogP contribution is -1.66. The van der Waals surface area contributed by atoms with Crippen molar-refractivity contribution < 1.29 is 0 Å². The van der Waals surface area contributed by atoms with Gasteiger partial charge in [0.25, 0.3) is 0 Å². The van der Waals surface area contributed by atoms with Gasteiger partial charge in [0.2, 0.25) is 0 Å². The van der Waals surface area contributed by atoms with Gasteiger partial charge >= 0.3 is 0 Å². The second kappa shape index (κ2) is 4.79. The second-order valence-corrected chi connectivity index (χ2v) is 1.38. The Labute approximate surface area is 54.8 Å². The van der Waals surface area contributed by atoms with Crippen molar-refractivity contribution in [2.24, 2.45) is 4.99 Å². The molecular formula is C7H8N2. The van der Waals surface area contributed by atoms with Crippen LogP contribution in [0, 0.1) is 11.3 Å². The summed E-state index contributed by atoms with van der Waals surface area (Å²) >= 11 is 0. The summed E-state index contributed by atoms with van der Waals surface area (Å²) < 4.78 is 0. The maximum atomic E-state index is 8.33. The van der Waals surface area contributed by atoms with Gasteiger partial charge in [0.1, 0.15) is 6.07 Å². The molecule has 0 aromatic heterocycles. The lowest BCUT2D eigenvalue weighted by Gasteiger charge is -1.79. The van der Waals surface area contributed by atoms with E-state index in [-0.39, 0.29) is 0 Å². The molecule has 0 heterocycles. The molecule has 0 spiro atoms. The van der Waals surface area contributed by atoms with E-state index in [1.54, 1.807) is 12.2 Å². The van der Waals surface area contributed by atoms with Crippen LogP contribution in [-0.2, 0) is 0 Å². The molecular weight excluding hydrogens is 112 g/mol. The molecule has 0 aliphatic carbocycles. The van der Waals surface area contributed by atoms with Crippen LogP contribution in [0.5, 0.6) is 0 Å². The first-order chi connectivity index (χ1) is 4.35. The van der Waals surface area contributed by atoms with Crippen molar-refractivity contribution in [3.8, 4) is 6.07 Å². The van der Waals surface area contributed by atoms with Crippen molar-refractivity contribution in [2.75, 3.05) is 0 Å². The standard InChI is InChI=1S/C7H8N2/c1-3-4-7(5-8)6-9-2/h3-4,6H,2H2,1H3/b4-3-,7-6+. The molecule has 0 amide bonds. The molecule has 0 saturated carbocycles. The molecule has 0 bridgehead atoms. The molecule has 0 aliphatic heterocycles. The van der Waals surface area contributed by atoms with Gasteiger partial charge in [-0.15, -0.1) is 0 Å². The third-order valence-corrected chi connectivity index (χ3v) is 0.706. The molecule has 0 saturated heterocycles. The molecule has 9 heavy (non-hydrogen) atoms. The Bertz CT molecular complexity index is 182. The summed E-state index contributed by atoms with van der Waals surface area (Å²) in [5.74, 6) is 0. The van der Waals surface area contributed by atoms with Crippen molar-refractivity contribution in [3.05, 3.63) is 23.9 Å². The first-order valence-electron chi connectivity index (χ1n) is 2.54. The Morgan fingerprint density at radius 1 is 1.78 bits per heavy atom. The van der Waals surface area contributed by atoms with Gasteiger partial charge in [-0.1, -0.05) is 6.08 Å². The van der Waals surface area contributed by atoms with Gasteiger partial charge in [0, 0.05) is 6.20 Å². The van der Waals surface area contributed by atoms with Gasteiger partial charge in [-0.3, -0.25) is 4.99 Å². The number of allylic oxidation sites excluding steroid dienone is 3. The molecule has 0 N–H and O–H groups in total. The Morgan fingerprint density at radius 2 is 2.44 bits per heavy atom. The predicted molar refractivity (Wildman–Crippen MR) is 38.1 cm³/mol. The summed E-state index contributed by atoms with van der Waals surface area (Å²) in [7, 11) is 0. The fourth-order valence-electron chi connectivity index (χ4n) is 0.387. The summed E-state index contributed by atoms with van der Waals surface area (Å²) in [6.45, 7) is 5.06. The molecule has 0 aromatic carbocycles. The molecule has 0 aliphatic rings. The fraction of sp³-hybridized carbons (Fsp3) is 0.143. The first kappa shape index (κ1) is 7.64. The largest absolute Gasteiger partial charge is 0.271 e. The van der Waals surface area contributed by atoms with E-state index in [1.165, 1.54) is 6.20 Å². The van der Waals surface area contributed by atoms with Gasteiger partial charge in [0.05, 0.1) is 5.57 Å². The van der Waals surface area contributed by atoms with Gasteiger partial charge in [0.15, 0.2) is 0 Å². The zero-order valence-corrected chi connectivity index (χ0v) is 5.33. The smallest absolute Gasteiger partial charge is 0.101 e. The monoisotopic (exact) mass is 120 g/mol. The zero-order valence-electron chi connectivity index (χ0n) is 5.33. The Kier molecular flexibility index (Phi) is 4.07. The van der Waals surface area contributed by atoms with E-state index in [0.717, 1.165) is 0 Å². The summed E-state index contributed by atoms with van der Waals surface area (Å²) in [6.07, 6.45) is 4.87. The maximum absolute atomic E-state index is 8.33. The van der Waals surface area contributed by atoms with E-state index in [1.807, 2.05) is 13.0 Å². The summed E-state index contributed by atoms with van der Waals surface area (Å²) in [5, 5.41) is 8.33. The van der Waals surface area contributed by atoms with Crippen LogP contribution in [-0.4, -0.2) is 6.72 Å². The van der Waals surface area contributed by atoms with E-state index in [4.69, 9.17) is 5.26 Å². The molecule has 0 atom stereocenters. The lowest BCUT2D eigenvalue weighted by atomic mass is 10.3. The normalized spacial score (nSPS) is 11.3. The maximum Gasteiger partial charge on any atom is 0.101 e. The van der Waals surface area contributed by atoms with E-state index in [0.29, 0.717) is 5.57 Å². The first-order valence-corrected chi connectivity index (χ1v) is 2.54. The van der Waals surface area contributed by atoms with Crippen LogP contribution in [0.1, 0.15) is 6.92 Å². The molecule has 2 nitrogen and oxygen atoms in total. The molecule has 0 rings (SSSR count). The highest BCUT2D eigenvalue weighted by Gasteiger charge is 1.81. The van der Waals surface area contributed by atoms with Gasteiger partial charge in [-0.2, -0.15) is 5.26 Å². The Morgan fingerprint density at radius 3 is 2.78 bits per heavy atom. The van der Waals surface area contributed by atoms with E-state index in [9.17, 15) is 0 Å². The SMILES string of the molecule is C=N/C=C(C#N)\C=C/C.